The van der Waals surface area contributed by atoms with Crippen LogP contribution in [0.1, 0.15) is 5.56 Å². The van der Waals surface area contributed by atoms with Crippen LogP contribution in [-0.2, 0) is 16.6 Å². The lowest BCUT2D eigenvalue weighted by atomic mass is 10.2. The molecule has 3 aromatic carbocycles. The maximum atomic E-state index is 13.1. The molecule has 1 heterocycles. The second-order valence-corrected chi connectivity index (χ2v) is 10.4. The number of aromatic nitrogens is 3. The first-order valence-electron chi connectivity index (χ1n) is 10.3. The fourth-order valence-electron chi connectivity index (χ4n) is 3.28. The SMILES string of the molecule is CN(Cc1ccccc1)S(=O)(=O)c1cc(Oc2c(Cl)cc(-n3ncc(=O)[nH]c3=O)cc2Cl)ccc1O. The first-order chi connectivity index (χ1) is 17.1. The molecule has 186 valence electrons. The molecule has 0 saturated heterocycles. The Labute approximate surface area is 215 Å². The van der Waals surface area contributed by atoms with E-state index < -0.39 is 27.0 Å². The average molecular weight is 549 g/mol. The topological polar surface area (TPSA) is 135 Å². The summed E-state index contributed by atoms with van der Waals surface area (Å²) in [7, 11) is -2.69. The molecule has 0 aliphatic heterocycles. The maximum absolute atomic E-state index is 13.1. The molecule has 0 radical (unpaired) electrons. The van der Waals surface area contributed by atoms with Gasteiger partial charge in [-0.1, -0.05) is 53.5 Å². The minimum atomic E-state index is -4.09. The number of sulfonamides is 1. The van der Waals surface area contributed by atoms with E-state index in [1.54, 1.807) is 24.3 Å². The van der Waals surface area contributed by atoms with Gasteiger partial charge in [-0.3, -0.25) is 9.78 Å². The lowest BCUT2D eigenvalue weighted by Gasteiger charge is -2.19. The van der Waals surface area contributed by atoms with Crippen LogP contribution in [0.4, 0.5) is 0 Å². The maximum Gasteiger partial charge on any atom is 0.349 e. The number of H-pyrrole nitrogens is 1. The van der Waals surface area contributed by atoms with Gasteiger partial charge in [0.15, 0.2) is 5.75 Å². The Morgan fingerprint density at radius 3 is 2.36 bits per heavy atom. The number of hydrogen-bond donors (Lipinski definition) is 2. The highest BCUT2D eigenvalue weighted by molar-refractivity contribution is 7.89. The summed E-state index contributed by atoms with van der Waals surface area (Å²) in [5.41, 5.74) is -0.530. The average Bonchev–Trinajstić information content (AvgIpc) is 2.82. The second-order valence-electron chi connectivity index (χ2n) is 7.57. The van der Waals surface area contributed by atoms with Crippen LogP contribution in [0, 0.1) is 0 Å². The summed E-state index contributed by atoms with van der Waals surface area (Å²) in [6.07, 6.45) is 0.918. The Balaban J connectivity index is 1.65. The second kappa shape index (κ2) is 10.2. The first-order valence-corrected chi connectivity index (χ1v) is 12.4. The van der Waals surface area contributed by atoms with Crippen LogP contribution in [0.25, 0.3) is 5.69 Å². The molecule has 0 saturated carbocycles. The highest BCUT2D eigenvalue weighted by Gasteiger charge is 2.25. The normalized spacial score (nSPS) is 11.6. The summed E-state index contributed by atoms with van der Waals surface area (Å²) in [4.78, 5) is 25.0. The van der Waals surface area contributed by atoms with Crippen molar-refractivity contribution in [3.05, 3.63) is 103 Å². The summed E-state index contributed by atoms with van der Waals surface area (Å²) < 4.78 is 34.0. The summed E-state index contributed by atoms with van der Waals surface area (Å²) in [6, 6.07) is 15.3. The summed E-state index contributed by atoms with van der Waals surface area (Å²) in [5, 5.41) is 14.0. The highest BCUT2D eigenvalue weighted by Crippen LogP contribution is 2.39. The highest BCUT2D eigenvalue weighted by atomic mass is 35.5. The van der Waals surface area contributed by atoms with E-state index in [2.05, 4.69) is 10.1 Å². The van der Waals surface area contributed by atoms with Crippen LogP contribution in [0.3, 0.4) is 0 Å². The summed E-state index contributed by atoms with van der Waals surface area (Å²) in [6.45, 7) is 0.0883. The number of aromatic amines is 1. The fourth-order valence-corrected chi connectivity index (χ4v) is 5.08. The van der Waals surface area contributed by atoms with E-state index in [1.807, 2.05) is 6.07 Å². The lowest BCUT2D eigenvalue weighted by Crippen LogP contribution is -2.30. The number of rotatable bonds is 7. The third-order valence-electron chi connectivity index (χ3n) is 5.03. The number of benzene rings is 3. The van der Waals surface area contributed by atoms with E-state index in [0.29, 0.717) is 0 Å². The number of phenolic OH excluding ortho intramolecular Hbond substituents is 1. The Hall–Kier alpha value is -3.64. The molecule has 0 atom stereocenters. The number of ether oxygens (including phenoxy) is 1. The molecule has 36 heavy (non-hydrogen) atoms. The van der Waals surface area contributed by atoms with Gasteiger partial charge >= 0.3 is 5.69 Å². The predicted molar refractivity (Wildman–Crippen MR) is 134 cm³/mol. The quantitative estimate of drug-likeness (QED) is 0.360. The number of aromatic hydroxyl groups is 1. The van der Waals surface area contributed by atoms with Gasteiger partial charge in [0.2, 0.25) is 10.0 Å². The van der Waals surface area contributed by atoms with Gasteiger partial charge in [-0.2, -0.15) is 14.1 Å². The molecule has 0 spiro atoms. The monoisotopic (exact) mass is 548 g/mol. The van der Waals surface area contributed by atoms with Crippen molar-refractivity contribution < 1.29 is 18.3 Å². The van der Waals surface area contributed by atoms with Gasteiger partial charge in [0.1, 0.15) is 22.6 Å². The van der Waals surface area contributed by atoms with Crippen LogP contribution >= 0.6 is 23.2 Å². The molecule has 0 aliphatic carbocycles. The van der Waals surface area contributed by atoms with Crippen molar-refractivity contribution in [2.45, 2.75) is 11.4 Å². The molecular weight excluding hydrogens is 531 g/mol. The molecule has 0 aliphatic rings. The van der Waals surface area contributed by atoms with E-state index in [4.69, 9.17) is 27.9 Å². The Morgan fingerprint density at radius 2 is 1.72 bits per heavy atom. The van der Waals surface area contributed by atoms with E-state index in [9.17, 15) is 23.1 Å². The lowest BCUT2D eigenvalue weighted by molar-refractivity contribution is 0.433. The number of halogens is 2. The van der Waals surface area contributed by atoms with Crippen LogP contribution in [0.5, 0.6) is 17.2 Å². The van der Waals surface area contributed by atoms with Crippen molar-refractivity contribution in [3.8, 4) is 22.9 Å². The number of nitrogens with zero attached hydrogens (tertiary/aromatic N) is 3. The summed E-state index contributed by atoms with van der Waals surface area (Å²) in [5.74, 6) is -0.445. The van der Waals surface area contributed by atoms with Crippen LogP contribution in [-0.4, -0.2) is 39.6 Å². The first kappa shape index (κ1) is 25.5. The zero-order chi connectivity index (χ0) is 26.0. The zero-order valence-electron chi connectivity index (χ0n) is 18.6. The van der Waals surface area contributed by atoms with Crippen molar-refractivity contribution in [1.82, 2.24) is 19.1 Å². The largest absolute Gasteiger partial charge is 0.507 e. The number of nitrogens with one attached hydrogen (secondary N) is 1. The van der Waals surface area contributed by atoms with Gasteiger partial charge in [0.05, 0.1) is 15.7 Å². The molecule has 0 amide bonds. The number of hydrogen-bond acceptors (Lipinski definition) is 7. The predicted octanol–water partition coefficient (Wildman–Crippen LogP) is 3.55. The van der Waals surface area contributed by atoms with Gasteiger partial charge in [0, 0.05) is 19.7 Å². The minimum absolute atomic E-state index is 0.0175. The van der Waals surface area contributed by atoms with Crippen LogP contribution in [0.15, 0.2) is 81.3 Å². The van der Waals surface area contributed by atoms with E-state index in [0.717, 1.165) is 26.8 Å². The molecular formula is C23H18Cl2N4O6S. The third kappa shape index (κ3) is 5.29. The Bertz CT molecular complexity index is 1630. The van der Waals surface area contributed by atoms with Crippen molar-refractivity contribution >= 4 is 33.2 Å². The van der Waals surface area contributed by atoms with Crippen molar-refractivity contribution in [2.24, 2.45) is 0 Å². The summed E-state index contributed by atoms with van der Waals surface area (Å²) >= 11 is 12.6. The smallest absolute Gasteiger partial charge is 0.349 e. The van der Waals surface area contributed by atoms with Crippen molar-refractivity contribution in [1.29, 1.82) is 0 Å². The third-order valence-corrected chi connectivity index (χ3v) is 7.42. The standard InChI is InChI=1S/C23H18Cl2N4O6S/c1-28(13-14-5-3-2-4-6-14)36(33,34)20-11-16(7-8-19(20)30)35-22-17(24)9-15(10-18(22)25)29-23(32)27-21(31)12-26-29/h2-12,30H,13H2,1H3,(H,27,31,32). The molecule has 4 aromatic rings. The molecule has 0 bridgehead atoms. The van der Waals surface area contributed by atoms with Crippen molar-refractivity contribution in [3.63, 3.8) is 0 Å². The van der Waals surface area contributed by atoms with Gasteiger partial charge in [-0.15, -0.1) is 0 Å². The zero-order valence-corrected chi connectivity index (χ0v) is 20.9. The molecule has 2 N–H and O–H groups in total. The van der Waals surface area contributed by atoms with Gasteiger partial charge in [-0.05, 0) is 29.8 Å². The number of phenols is 1. The van der Waals surface area contributed by atoms with Crippen LogP contribution in [0.2, 0.25) is 10.0 Å². The molecule has 10 nitrogen and oxygen atoms in total. The van der Waals surface area contributed by atoms with Gasteiger partial charge < -0.3 is 9.84 Å². The van der Waals surface area contributed by atoms with E-state index in [-0.39, 0.29) is 38.7 Å². The Kier molecular flexibility index (Phi) is 7.18. The van der Waals surface area contributed by atoms with Gasteiger partial charge in [-0.25, -0.2) is 13.2 Å². The van der Waals surface area contributed by atoms with Crippen LogP contribution < -0.4 is 16.0 Å². The molecule has 1 aromatic heterocycles. The fraction of sp³-hybridized carbons (Fsp3) is 0.0870. The van der Waals surface area contributed by atoms with Crippen molar-refractivity contribution in [2.75, 3.05) is 7.05 Å². The molecule has 0 unspecified atom stereocenters. The van der Waals surface area contributed by atoms with E-state index >= 15 is 0 Å². The van der Waals surface area contributed by atoms with E-state index in [1.165, 1.54) is 31.3 Å². The van der Waals surface area contributed by atoms with Gasteiger partial charge in [0.25, 0.3) is 5.56 Å². The molecule has 4 rings (SSSR count). The minimum Gasteiger partial charge on any atom is -0.507 e. The Morgan fingerprint density at radius 1 is 1.06 bits per heavy atom. The molecule has 13 heteroatoms. The molecule has 0 fully saturated rings.